The molecule has 6 nitrogen and oxygen atoms in total. The van der Waals surface area contributed by atoms with E-state index in [0.717, 1.165) is 12.8 Å². The standard InChI is InChI=1S/C12H15ClN4O2/c13-9-5-7(6-10(14)17-9)12(19)15-4-3-11(18)16-8-1-2-8/h5-6,8H,1-4H2,(H2,14,17)(H,15,19)(H,16,18). The van der Waals surface area contributed by atoms with Gasteiger partial charge in [0.15, 0.2) is 0 Å². The maximum absolute atomic E-state index is 11.8. The molecule has 0 unspecified atom stereocenters. The van der Waals surface area contributed by atoms with Gasteiger partial charge >= 0.3 is 0 Å². The maximum Gasteiger partial charge on any atom is 0.251 e. The number of anilines is 1. The molecule has 1 aromatic rings. The molecule has 1 heterocycles. The fraction of sp³-hybridized carbons (Fsp3) is 0.417. The third kappa shape index (κ3) is 4.40. The van der Waals surface area contributed by atoms with Gasteiger partial charge in [0.2, 0.25) is 5.91 Å². The van der Waals surface area contributed by atoms with Crippen LogP contribution in [0.1, 0.15) is 29.6 Å². The van der Waals surface area contributed by atoms with Gasteiger partial charge in [-0.1, -0.05) is 11.6 Å². The lowest BCUT2D eigenvalue weighted by Gasteiger charge is -2.06. The molecular weight excluding hydrogens is 268 g/mol. The van der Waals surface area contributed by atoms with Crippen LogP contribution in [0.5, 0.6) is 0 Å². The number of nitrogens with one attached hydrogen (secondary N) is 2. The van der Waals surface area contributed by atoms with E-state index in [0.29, 0.717) is 11.6 Å². The normalized spacial score (nSPS) is 13.9. The minimum absolute atomic E-state index is 0.0462. The Bertz CT molecular complexity index is 482. The smallest absolute Gasteiger partial charge is 0.251 e. The van der Waals surface area contributed by atoms with Crippen molar-refractivity contribution in [3.63, 3.8) is 0 Å². The molecule has 0 radical (unpaired) electrons. The predicted molar refractivity (Wildman–Crippen MR) is 71.8 cm³/mol. The van der Waals surface area contributed by atoms with Crippen molar-refractivity contribution in [2.45, 2.75) is 25.3 Å². The molecule has 1 fully saturated rings. The lowest BCUT2D eigenvalue weighted by Crippen LogP contribution is -2.31. The van der Waals surface area contributed by atoms with Gasteiger partial charge in [0, 0.05) is 24.6 Å². The topological polar surface area (TPSA) is 97.1 Å². The summed E-state index contributed by atoms with van der Waals surface area (Å²) < 4.78 is 0. The zero-order chi connectivity index (χ0) is 13.8. The molecule has 2 amide bonds. The minimum Gasteiger partial charge on any atom is -0.384 e. The van der Waals surface area contributed by atoms with Crippen molar-refractivity contribution in [3.05, 3.63) is 22.8 Å². The summed E-state index contributed by atoms with van der Waals surface area (Å²) in [5.41, 5.74) is 5.83. The van der Waals surface area contributed by atoms with Crippen molar-refractivity contribution in [1.82, 2.24) is 15.6 Å². The summed E-state index contributed by atoms with van der Waals surface area (Å²) in [4.78, 5) is 27.0. The van der Waals surface area contributed by atoms with Gasteiger partial charge in [0.25, 0.3) is 5.91 Å². The number of rotatable bonds is 5. The third-order valence-electron chi connectivity index (χ3n) is 2.66. The first-order chi connectivity index (χ1) is 9.04. The number of nitrogens with zero attached hydrogens (tertiary/aromatic N) is 1. The highest BCUT2D eigenvalue weighted by Gasteiger charge is 2.22. The van der Waals surface area contributed by atoms with E-state index >= 15 is 0 Å². The highest BCUT2D eigenvalue weighted by Crippen LogP contribution is 2.18. The number of amides is 2. The van der Waals surface area contributed by atoms with Gasteiger partial charge in [0.1, 0.15) is 11.0 Å². The number of halogens is 1. The molecule has 1 aromatic heterocycles. The number of nitrogen functional groups attached to an aromatic ring is 1. The summed E-state index contributed by atoms with van der Waals surface area (Å²) >= 11 is 5.71. The van der Waals surface area contributed by atoms with Crippen LogP contribution in [0.2, 0.25) is 5.15 Å². The van der Waals surface area contributed by atoms with Crippen molar-refractivity contribution in [1.29, 1.82) is 0 Å². The first-order valence-electron chi connectivity index (χ1n) is 6.05. The Hall–Kier alpha value is -1.82. The summed E-state index contributed by atoms with van der Waals surface area (Å²) in [6.07, 6.45) is 2.36. The number of hydrogen-bond acceptors (Lipinski definition) is 4. The van der Waals surface area contributed by atoms with E-state index in [2.05, 4.69) is 15.6 Å². The van der Waals surface area contributed by atoms with Gasteiger partial charge in [-0.15, -0.1) is 0 Å². The molecule has 0 aromatic carbocycles. The molecule has 0 saturated heterocycles. The Morgan fingerprint density at radius 1 is 1.42 bits per heavy atom. The molecule has 2 rings (SSSR count). The largest absolute Gasteiger partial charge is 0.384 e. The average Bonchev–Trinajstić information content (AvgIpc) is 3.11. The molecule has 1 aliphatic rings. The van der Waals surface area contributed by atoms with Gasteiger partial charge in [-0.25, -0.2) is 4.98 Å². The van der Waals surface area contributed by atoms with E-state index in [4.69, 9.17) is 17.3 Å². The number of pyridine rings is 1. The first-order valence-corrected chi connectivity index (χ1v) is 6.43. The van der Waals surface area contributed by atoms with Gasteiger partial charge in [-0.3, -0.25) is 9.59 Å². The van der Waals surface area contributed by atoms with Crippen LogP contribution >= 0.6 is 11.6 Å². The summed E-state index contributed by atoms with van der Waals surface area (Å²) in [6, 6.07) is 3.20. The van der Waals surface area contributed by atoms with E-state index < -0.39 is 0 Å². The zero-order valence-electron chi connectivity index (χ0n) is 10.3. The van der Waals surface area contributed by atoms with Crippen LogP contribution in [-0.2, 0) is 4.79 Å². The highest BCUT2D eigenvalue weighted by molar-refractivity contribution is 6.29. The molecular formula is C12H15ClN4O2. The number of hydrogen-bond donors (Lipinski definition) is 3. The molecule has 102 valence electrons. The first kappa shape index (κ1) is 13.6. The van der Waals surface area contributed by atoms with E-state index in [1.165, 1.54) is 12.1 Å². The Balaban J connectivity index is 1.78. The van der Waals surface area contributed by atoms with Gasteiger partial charge < -0.3 is 16.4 Å². The second-order valence-corrected chi connectivity index (χ2v) is 4.84. The van der Waals surface area contributed by atoms with Crippen LogP contribution < -0.4 is 16.4 Å². The average molecular weight is 283 g/mol. The molecule has 1 saturated carbocycles. The molecule has 0 spiro atoms. The number of carbonyl (C=O) groups is 2. The van der Waals surface area contributed by atoms with E-state index in [1.807, 2.05) is 0 Å². The summed E-state index contributed by atoms with van der Waals surface area (Å²) in [6.45, 7) is 0.275. The van der Waals surface area contributed by atoms with Gasteiger partial charge in [-0.05, 0) is 25.0 Å². The molecule has 0 aliphatic heterocycles. The Kier molecular flexibility index (Phi) is 4.21. The van der Waals surface area contributed by atoms with Crippen LogP contribution in [0.3, 0.4) is 0 Å². The van der Waals surface area contributed by atoms with E-state index in [9.17, 15) is 9.59 Å². The second kappa shape index (κ2) is 5.88. The van der Waals surface area contributed by atoms with E-state index in [-0.39, 0.29) is 35.8 Å². The molecule has 0 bridgehead atoms. The quantitative estimate of drug-likeness (QED) is 0.693. The van der Waals surface area contributed by atoms with Crippen molar-refractivity contribution in [3.8, 4) is 0 Å². The maximum atomic E-state index is 11.8. The molecule has 0 atom stereocenters. The lowest BCUT2D eigenvalue weighted by atomic mass is 10.2. The fourth-order valence-electron chi connectivity index (χ4n) is 1.57. The van der Waals surface area contributed by atoms with Crippen molar-refractivity contribution in [2.24, 2.45) is 0 Å². The zero-order valence-corrected chi connectivity index (χ0v) is 11.0. The second-order valence-electron chi connectivity index (χ2n) is 4.45. The number of nitrogens with two attached hydrogens (primary N) is 1. The van der Waals surface area contributed by atoms with Crippen LogP contribution in [0.25, 0.3) is 0 Å². The van der Waals surface area contributed by atoms with E-state index in [1.54, 1.807) is 0 Å². The van der Waals surface area contributed by atoms with Crippen LogP contribution in [0.15, 0.2) is 12.1 Å². The fourth-order valence-corrected chi connectivity index (χ4v) is 1.78. The van der Waals surface area contributed by atoms with Crippen molar-refractivity contribution in [2.75, 3.05) is 12.3 Å². The van der Waals surface area contributed by atoms with Crippen LogP contribution in [0, 0.1) is 0 Å². The number of carbonyl (C=O) groups excluding carboxylic acids is 2. The highest BCUT2D eigenvalue weighted by atomic mass is 35.5. The van der Waals surface area contributed by atoms with Crippen LogP contribution in [-0.4, -0.2) is 29.4 Å². The summed E-state index contributed by atoms with van der Waals surface area (Å²) in [7, 11) is 0. The molecule has 4 N–H and O–H groups in total. The lowest BCUT2D eigenvalue weighted by molar-refractivity contribution is -0.121. The Morgan fingerprint density at radius 3 is 2.79 bits per heavy atom. The molecule has 19 heavy (non-hydrogen) atoms. The third-order valence-corrected chi connectivity index (χ3v) is 2.85. The summed E-state index contributed by atoms with van der Waals surface area (Å²) in [5.74, 6) is -0.186. The Labute approximate surface area is 115 Å². The Morgan fingerprint density at radius 2 is 2.16 bits per heavy atom. The van der Waals surface area contributed by atoms with Gasteiger partial charge in [0.05, 0.1) is 0 Å². The molecule has 7 heteroatoms. The minimum atomic E-state index is -0.324. The van der Waals surface area contributed by atoms with Gasteiger partial charge in [-0.2, -0.15) is 0 Å². The van der Waals surface area contributed by atoms with Crippen molar-refractivity contribution < 1.29 is 9.59 Å². The number of aromatic nitrogens is 1. The van der Waals surface area contributed by atoms with Crippen molar-refractivity contribution >= 4 is 29.2 Å². The monoisotopic (exact) mass is 282 g/mol. The summed E-state index contributed by atoms with van der Waals surface area (Å²) in [5, 5.41) is 5.64. The van der Waals surface area contributed by atoms with Crippen LogP contribution in [0.4, 0.5) is 5.82 Å². The SMILES string of the molecule is Nc1cc(C(=O)NCCC(=O)NC2CC2)cc(Cl)n1. The predicted octanol–water partition coefficient (Wildman–Crippen LogP) is 0.716. The molecule has 1 aliphatic carbocycles.